The Morgan fingerprint density at radius 1 is 1.30 bits per heavy atom. The maximum absolute atomic E-state index is 11.3. The van der Waals surface area contributed by atoms with Crippen molar-refractivity contribution in [1.82, 2.24) is 15.5 Å². The Hall–Kier alpha value is -2.75. The lowest BCUT2D eigenvalue weighted by atomic mass is 10.2. The Morgan fingerprint density at radius 2 is 2.09 bits per heavy atom. The molecule has 0 aliphatic heterocycles. The number of carbonyl (C=O) groups excluding carboxylic acids is 2. The molecule has 0 aliphatic rings. The minimum absolute atomic E-state index is 0.0790. The molecular formula is C13H14N4O5S. The topological polar surface area (TPSA) is 130 Å². The number of nitrogens with one attached hydrogen (secondary N) is 1. The normalized spacial score (nSPS) is 10.2. The second kappa shape index (κ2) is 7.49. The third-order valence-electron chi connectivity index (χ3n) is 2.63. The second-order valence-corrected chi connectivity index (χ2v) is 5.07. The Balaban J connectivity index is 2.10. The van der Waals surface area contributed by atoms with Gasteiger partial charge >= 0.3 is 6.03 Å². The summed E-state index contributed by atoms with van der Waals surface area (Å²) < 4.78 is 15.8. The number of imide groups is 1. The van der Waals surface area contributed by atoms with Gasteiger partial charge in [0.2, 0.25) is 5.91 Å². The van der Waals surface area contributed by atoms with E-state index in [4.69, 9.17) is 19.6 Å². The van der Waals surface area contributed by atoms with E-state index in [0.29, 0.717) is 17.1 Å². The maximum atomic E-state index is 11.3. The molecular weight excluding hydrogens is 324 g/mol. The number of amides is 3. The van der Waals surface area contributed by atoms with Crippen LogP contribution in [-0.2, 0) is 4.79 Å². The summed E-state index contributed by atoms with van der Waals surface area (Å²) in [6.07, 6.45) is 0. The summed E-state index contributed by atoms with van der Waals surface area (Å²) in [4.78, 5) is 21.9. The molecule has 0 aliphatic carbocycles. The van der Waals surface area contributed by atoms with Crippen LogP contribution in [0.15, 0.2) is 27.8 Å². The number of urea groups is 1. The average Bonchev–Trinajstić information content (AvgIpc) is 3.00. The molecule has 1 heterocycles. The van der Waals surface area contributed by atoms with Crippen LogP contribution in [0.4, 0.5) is 4.79 Å². The smallest absolute Gasteiger partial charge is 0.318 e. The molecule has 0 saturated carbocycles. The van der Waals surface area contributed by atoms with E-state index in [1.54, 1.807) is 25.3 Å². The zero-order chi connectivity index (χ0) is 16.8. The molecule has 1 aromatic heterocycles. The van der Waals surface area contributed by atoms with Crippen LogP contribution in [0.1, 0.15) is 0 Å². The van der Waals surface area contributed by atoms with Crippen molar-refractivity contribution in [2.75, 3.05) is 20.0 Å². The van der Waals surface area contributed by atoms with Crippen LogP contribution >= 0.6 is 11.8 Å². The molecule has 3 amide bonds. The van der Waals surface area contributed by atoms with Crippen LogP contribution in [-0.4, -0.2) is 42.1 Å². The Morgan fingerprint density at radius 3 is 2.74 bits per heavy atom. The SMILES string of the molecule is COc1ccc(-c2nnc(SCC(=O)NC(N)=O)o2)c(OC)c1. The summed E-state index contributed by atoms with van der Waals surface area (Å²) in [6.45, 7) is 0. The summed E-state index contributed by atoms with van der Waals surface area (Å²) in [5.74, 6) is 0.745. The Bertz CT molecular complexity index is 718. The lowest BCUT2D eigenvalue weighted by Gasteiger charge is -2.07. The van der Waals surface area contributed by atoms with Gasteiger partial charge in [0.05, 0.1) is 25.5 Å². The highest BCUT2D eigenvalue weighted by molar-refractivity contribution is 7.99. The van der Waals surface area contributed by atoms with Gasteiger partial charge < -0.3 is 19.6 Å². The first-order valence-electron chi connectivity index (χ1n) is 6.31. The van der Waals surface area contributed by atoms with Crippen molar-refractivity contribution in [3.05, 3.63) is 18.2 Å². The van der Waals surface area contributed by atoms with Gasteiger partial charge in [-0.05, 0) is 12.1 Å². The molecule has 10 heteroatoms. The Kier molecular flexibility index (Phi) is 5.41. The predicted molar refractivity (Wildman–Crippen MR) is 81.3 cm³/mol. The molecule has 23 heavy (non-hydrogen) atoms. The average molecular weight is 338 g/mol. The van der Waals surface area contributed by atoms with Crippen molar-refractivity contribution in [1.29, 1.82) is 0 Å². The number of methoxy groups -OCH3 is 2. The number of nitrogens with zero attached hydrogens (tertiary/aromatic N) is 2. The standard InChI is InChI=1S/C13H14N4O5S/c1-20-7-3-4-8(9(5-7)21-2)11-16-17-13(22-11)23-6-10(18)15-12(14)19/h3-5H,6H2,1-2H3,(H3,14,15,18,19). The number of carbonyl (C=O) groups is 2. The molecule has 122 valence electrons. The number of rotatable bonds is 6. The van der Waals surface area contributed by atoms with Crippen LogP contribution in [0.5, 0.6) is 11.5 Å². The molecule has 0 bridgehead atoms. The molecule has 9 nitrogen and oxygen atoms in total. The predicted octanol–water partition coefficient (Wildman–Crippen LogP) is 1.04. The number of ether oxygens (including phenoxy) is 2. The zero-order valence-corrected chi connectivity index (χ0v) is 13.2. The lowest BCUT2D eigenvalue weighted by Crippen LogP contribution is -2.36. The molecule has 0 atom stereocenters. The lowest BCUT2D eigenvalue weighted by molar-refractivity contribution is -0.117. The van der Waals surface area contributed by atoms with Crippen LogP contribution in [0.25, 0.3) is 11.5 Å². The molecule has 3 N–H and O–H groups in total. The van der Waals surface area contributed by atoms with Crippen molar-refractivity contribution in [2.45, 2.75) is 5.22 Å². The molecule has 0 saturated heterocycles. The van der Waals surface area contributed by atoms with Crippen LogP contribution < -0.4 is 20.5 Å². The zero-order valence-electron chi connectivity index (χ0n) is 12.4. The van der Waals surface area contributed by atoms with Crippen molar-refractivity contribution in [3.63, 3.8) is 0 Å². The van der Waals surface area contributed by atoms with Gasteiger partial charge in [0, 0.05) is 6.07 Å². The van der Waals surface area contributed by atoms with E-state index in [1.807, 2.05) is 5.32 Å². The van der Waals surface area contributed by atoms with Crippen molar-refractivity contribution in [2.24, 2.45) is 5.73 Å². The van der Waals surface area contributed by atoms with E-state index in [0.717, 1.165) is 11.8 Å². The number of benzene rings is 1. The third-order valence-corrected chi connectivity index (χ3v) is 3.45. The maximum Gasteiger partial charge on any atom is 0.318 e. The minimum Gasteiger partial charge on any atom is -0.497 e. The van der Waals surface area contributed by atoms with Crippen LogP contribution in [0.2, 0.25) is 0 Å². The summed E-state index contributed by atoms with van der Waals surface area (Å²) in [6, 6.07) is 4.23. The number of hydrogen-bond donors (Lipinski definition) is 2. The molecule has 0 unspecified atom stereocenters. The quantitative estimate of drug-likeness (QED) is 0.747. The third kappa shape index (κ3) is 4.36. The van der Waals surface area contributed by atoms with Crippen LogP contribution in [0, 0.1) is 0 Å². The molecule has 0 spiro atoms. The number of thioether (sulfide) groups is 1. The van der Waals surface area contributed by atoms with Gasteiger partial charge in [-0.25, -0.2) is 4.79 Å². The number of nitrogens with two attached hydrogens (primary N) is 1. The van der Waals surface area contributed by atoms with E-state index < -0.39 is 11.9 Å². The Labute approximate surface area is 135 Å². The highest BCUT2D eigenvalue weighted by atomic mass is 32.2. The second-order valence-electron chi connectivity index (χ2n) is 4.14. The summed E-state index contributed by atoms with van der Waals surface area (Å²) in [5, 5.41) is 9.85. The van der Waals surface area contributed by atoms with E-state index in [9.17, 15) is 9.59 Å². The fraction of sp³-hybridized carbons (Fsp3) is 0.231. The van der Waals surface area contributed by atoms with Crippen LogP contribution in [0.3, 0.4) is 0 Å². The number of aromatic nitrogens is 2. The largest absolute Gasteiger partial charge is 0.497 e. The summed E-state index contributed by atoms with van der Waals surface area (Å²) in [7, 11) is 3.06. The van der Waals surface area contributed by atoms with Gasteiger partial charge in [-0.2, -0.15) is 0 Å². The van der Waals surface area contributed by atoms with E-state index >= 15 is 0 Å². The van der Waals surface area contributed by atoms with Crippen molar-refractivity contribution < 1.29 is 23.5 Å². The highest BCUT2D eigenvalue weighted by Crippen LogP contribution is 2.33. The van der Waals surface area contributed by atoms with Crippen molar-refractivity contribution in [3.8, 4) is 23.0 Å². The molecule has 2 rings (SSSR count). The summed E-state index contributed by atoms with van der Waals surface area (Å²) >= 11 is 0.982. The van der Waals surface area contributed by atoms with Gasteiger partial charge in [0.15, 0.2) is 0 Å². The van der Waals surface area contributed by atoms with Gasteiger partial charge in [-0.1, -0.05) is 11.8 Å². The number of hydrogen-bond acceptors (Lipinski definition) is 8. The fourth-order valence-electron chi connectivity index (χ4n) is 1.65. The number of primary amides is 1. The van der Waals surface area contributed by atoms with Gasteiger partial charge in [0.1, 0.15) is 11.5 Å². The van der Waals surface area contributed by atoms with Gasteiger partial charge in [0.25, 0.3) is 11.1 Å². The summed E-state index contributed by atoms with van der Waals surface area (Å²) in [5.41, 5.74) is 5.43. The molecule has 2 aromatic rings. The molecule has 1 aromatic carbocycles. The molecule has 0 fully saturated rings. The van der Waals surface area contributed by atoms with Crippen molar-refractivity contribution >= 4 is 23.7 Å². The van der Waals surface area contributed by atoms with E-state index in [1.165, 1.54) is 7.11 Å². The molecule has 0 radical (unpaired) electrons. The van der Waals surface area contributed by atoms with Gasteiger partial charge in [-0.3, -0.25) is 10.1 Å². The first kappa shape index (κ1) is 16.6. The fourth-order valence-corrected chi connectivity index (χ4v) is 2.22. The van der Waals surface area contributed by atoms with Gasteiger partial charge in [-0.15, -0.1) is 10.2 Å². The minimum atomic E-state index is -0.912. The monoisotopic (exact) mass is 338 g/mol. The van der Waals surface area contributed by atoms with E-state index in [-0.39, 0.29) is 16.9 Å². The highest BCUT2D eigenvalue weighted by Gasteiger charge is 2.16. The van der Waals surface area contributed by atoms with E-state index in [2.05, 4.69) is 10.2 Å². The first-order chi connectivity index (χ1) is 11.0. The first-order valence-corrected chi connectivity index (χ1v) is 7.30.